The number of aryl methyl sites for hydroxylation is 1. The Morgan fingerprint density at radius 3 is 2.89 bits per heavy atom. The molecule has 0 amide bonds. The van der Waals surface area contributed by atoms with Gasteiger partial charge in [0.15, 0.2) is 5.15 Å². The second-order valence-electron chi connectivity index (χ2n) is 4.08. The number of anilines is 1. The predicted octanol–water partition coefficient (Wildman–Crippen LogP) is 0.761. The van der Waals surface area contributed by atoms with E-state index in [1.165, 1.54) is 0 Å². The summed E-state index contributed by atoms with van der Waals surface area (Å²) in [5.41, 5.74) is 0.630. The predicted molar refractivity (Wildman–Crippen MR) is 65.8 cm³/mol. The number of rotatable bonds is 1. The van der Waals surface area contributed by atoms with Gasteiger partial charge >= 0.3 is 0 Å². The summed E-state index contributed by atoms with van der Waals surface area (Å²) in [7, 11) is 0. The standard InChI is InChI=1S/C11H13ClN4O2/c1-7-5-16(6-9(18-7)3-4-17)11-13-8(2)10(12)14-15-11/h7,9,17H,5-6H2,1-2H3/t7-,9?/m1/s1. The van der Waals surface area contributed by atoms with Crippen LogP contribution in [0, 0.1) is 19.0 Å². The second-order valence-corrected chi connectivity index (χ2v) is 4.44. The van der Waals surface area contributed by atoms with Gasteiger partial charge < -0.3 is 14.7 Å². The van der Waals surface area contributed by atoms with Crippen molar-refractivity contribution in [1.29, 1.82) is 0 Å². The van der Waals surface area contributed by atoms with Crippen LogP contribution in [0.4, 0.5) is 5.95 Å². The van der Waals surface area contributed by atoms with Gasteiger partial charge in [0.05, 0.1) is 18.3 Å². The molecule has 2 rings (SSSR count). The molecular formula is C11H13ClN4O2. The maximum Gasteiger partial charge on any atom is 0.245 e. The number of nitrogens with zero attached hydrogens (tertiary/aromatic N) is 4. The summed E-state index contributed by atoms with van der Waals surface area (Å²) in [5, 5.41) is 16.7. The van der Waals surface area contributed by atoms with E-state index >= 15 is 0 Å². The molecule has 1 aliphatic heterocycles. The summed E-state index contributed by atoms with van der Waals surface area (Å²) in [5.74, 6) is 3.08. The van der Waals surface area contributed by atoms with E-state index in [1.807, 2.05) is 17.9 Å². The van der Waals surface area contributed by atoms with Crippen LogP contribution in [-0.2, 0) is 4.74 Å². The quantitative estimate of drug-likeness (QED) is 0.759. The van der Waals surface area contributed by atoms with Crippen LogP contribution in [0.25, 0.3) is 0 Å². The van der Waals surface area contributed by atoms with Gasteiger partial charge in [0.2, 0.25) is 5.95 Å². The zero-order valence-electron chi connectivity index (χ0n) is 10.1. The Hall–Kier alpha value is -1.58. The number of hydrogen-bond acceptors (Lipinski definition) is 6. The second kappa shape index (κ2) is 5.38. The van der Waals surface area contributed by atoms with Gasteiger partial charge in [0.1, 0.15) is 12.2 Å². The maximum absolute atomic E-state index is 8.62. The molecule has 1 fully saturated rings. The molecule has 0 radical (unpaired) electrons. The molecule has 7 heteroatoms. The Balaban J connectivity index is 2.20. The SMILES string of the molecule is Cc1nc(N2CC(C#CO)O[C@H](C)C2)nnc1Cl. The molecule has 0 spiro atoms. The molecule has 1 aromatic heterocycles. The number of aliphatic hydroxyl groups is 1. The van der Waals surface area contributed by atoms with E-state index in [-0.39, 0.29) is 12.2 Å². The van der Waals surface area contributed by atoms with Crippen LogP contribution in [-0.4, -0.2) is 45.6 Å². The molecule has 18 heavy (non-hydrogen) atoms. The molecule has 0 saturated carbocycles. The summed E-state index contributed by atoms with van der Waals surface area (Å²) in [6, 6.07) is 0. The lowest BCUT2D eigenvalue weighted by Crippen LogP contribution is -2.47. The first kappa shape index (κ1) is 12.9. The third-order valence-electron chi connectivity index (χ3n) is 2.56. The normalized spacial score (nSPS) is 23.4. The molecule has 96 valence electrons. The number of aromatic nitrogens is 3. The topological polar surface area (TPSA) is 71.4 Å². The van der Waals surface area contributed by atoms with E-state index in [9.17, 15) is 0 Å². The van der Waals surface area contributed by atoms with Gasteiger partial charge in [0, 0.05) is 6.54 Å². The van der Waals surface area contributed by atoms with Crippen LogP contribution in [0.1, 0.15) is 12.6 Å². The third kappa shape index (κ3) is 2.81. The van der Waals surface area contributed by atoms with Gasteiger partial charge in [-0.15, -0.1) is 10.2 Å². The zero-order valence-corrected chi connectivity index (χ0v) is 10.8. The minimum Gasteiger partial charge on any atom is -0.462 e. The van der Waals surface area contributed by atoms with Crippen molar-refractivity contribution in [3.63, 3.8) is 0 Å². The average molecular weight is 269 g/mol. The molecule has 0 aromatic carbocycles. The fraction of sp³-hybridized carbons (Fsp3) is 0.545. The van der Waals surface area contributed by atoms with Gasteiger partial charge in [-0.2, -0.15) is 0 Å². The highest BCUT2D eigenvalue weighted by Crippen LogP contribution is 2.17. The van der Waals surface area contributed by atoms with Crippen LogP contribution in [0.2, 0.25) is 5.15 Å². The van der Waals surface area contributed by atoms with Crippen LogP contribution in [0.15, 0.2) is 0 Å². The van der Waals surface area contributed by atoms with Crippen molar-refractivity contribution in [3.8, 4) is 12.0 Å². The molecule has 2 atom stereocenters. The van der Waals surface area contributed by atoms with Gasteiger partial charge in [-0.1, -0.05) is 11.6 Å². The van der Waals surface area contributed by atoms with Crippen LogP contribution in [0.5, 0.6) is 0 Å². The van der Waals surface area contributed by atoms with E-state index < -0.39 is 0 Å². The fourth-order valence-electron chi connectivity index (χ4n) is 1.78. The largest absolute Gasteiger partial charge is 0.462 e. The number of halogens is 1. The van der Waals surface area contributed by atoms with E-state index in [4.69, 9.17) is 21.4 Å². The van der Waals surface area contributed by atoms with Crippen molar-refractivity contribution >= 4 is 17.5 Å². The van der Waals surface area contributed by atoms with Crippen molar-refractivity contribution in [2.24, 2.45) is 0 Å². The minimum atomic E-state index is -0.363. The van der Waals surface area contributed by atoms with Crippen molar-refractivity contribution in [2.45, 2.75) is 26.1 Å². The minimum absolute atomic E-state index is 0.0239. The first-order valence-electron chi connectivity index (χ1n) is 5.52. The molecule has 1 saturated heterocycles. The van der Waals surface area contributed by atoms with Gasteiger partial charge in [0.25, 0.3) is 0 Å². The molecule has 0 aliphatic carbocycles. The molecule has 1 aromatic rings. The Labute approximate surface area is 110 Å². The summed E-state index contributed by atoms with van der Waals surface area (Å²) < 4.78 is 5.56. The molecule has 0 bridgehead atoms. The molecule has 1 N–H and O–H groups in total. The number of ether oxygens (including phenoxy) is 1. The van der Waals surface area contributed by atoms with Crippen molar-refractivity contribution in [2.75, 3.05) is 18.0 Å². The van der Waals surface area contributed by atoms with Gasteiger partial charge in [-0.05, 0) is 19.8 Å². The molecule has 6 nitrogen and oxygen atoms in total. The highest BCUT2D eigenvalue weighted by molar-refractivity contribution is 6.29. The van der Waals surface area contributed by atoms with Crippen LogP contribution in [0.3, 0.4) is 0 Å². The lowest BCUT2D eigenvalue weighted by molar-refractivity contribution is 0.0144. The Kier molecular flexibility index (Phi) is 3.84. The first-order valence-corrected chi connectivity index (χ1v) is 5.89. The molecular weight excluding hydrogens is 256 g/mol. The Bertz CT molecular complexity index is 500. The van der Waals surface area contributed by atoms with E-state index in [0.717, 1.165) is 0 Å². The van der Waals surface area contributed by atoms with Crippen LogP contribution < -0.4 is 4.90 Å². The smallest absolute Gasteiger partial charge is 0.245 e. The third-order valence-corrected chi connectivity index (χ3v) is 2.91. The summed E-state index contributed by atoms with van der Waals surface area (Å²) >= 11 is 5.79. The highest BCUT2D eigenvalue weighted by Gasteiger charge is 2.26. The highest BCUT2D eigenvalue weighted by atomic mass is 35.5. The van der Waals surface area contributed by atoms with Crippen molar-refractivity contribution in [3.05, 3.63) is 10.8 Å². The zero-order chi connectivity index (χ0) is 13.1. The summed E-state index contributed by atoms with van der Waals surface area (Å²) in [6.07, 6.45) is 1.48. The lowest BCUT2D eigenvalue weighted by atomic mass is 10.2. The first-order chi connectivity index (χ1) is 8.60. The maximum atomic E-state index is 8.62. The Morgan fingerprint density at radius 1 is 1.44 bits per heavy atom. The van der Waals surface area contributed by atoms with Crippen molar-refractivity contribution < 1.29 is 9.84 Å². The lowest BCUT2D eigenvalue weighted by Gasteiger charge is -2.34. The average Bonchev–Trinajstić information content (AvgIpc) is 2.32. The van der Waals surface area contributed by atoms with E-state index in [0.29, 0.717) is 29.9 Å². The van der Waals surface area contributed by atoms with E-state index in [1.54, 1.807) is 6.92 Å². The van der Waals surface area contributed by atoms with Crippen LogP contribution >= 0.6 is 11.6 Å². The van der Waals surface area contributed by atoms with Crippen molar-refractivity contribution in [1.82, 2.24) is 15.2 Å². The number of morpholine rings is 1. The number of hydrogen-bond donors (Lipinski definition) is 1. The summed E-state index contributed by atoms with van der Waals surface area (Å²) in [6.45, 7) is 4.83. The fourth-order valence-corrected chi connectivity index (χ4v) is 1.86. The molecule has 2 heterocycles. The number of aliphatic hydroxyl groups excluding tert-OH is 1. The summed E-state index contributed by atoms with van der Waals surface area (Å²) in [4.78, 5) is 6.20. The van der Waals surface area contributed by atoms with E-state index in [2.05, 4.69) is 21.1 Å². The van der Waals surface area contributed by atoms with Gasteiger partial charge in [-0.3, -0.25) is 0 Å². The van der Waals surface area contributed by atoms with Gasteiger partial charge in [-0.25, -0.2) is 4.98 Å². The molecule has 1 unspecified atom stereocenters. The monoisotopic (exact) mass is 268 g/mol. The molecule has 1 aliphatic rings. The Morgan fingerprint density at radius 2 is 2.22 bits per heavy atom.